The highest BCUT2D eigenvalue weighted by Gasteiger charge is 2.20. The monoisotopic (exact) mass is 233 g/mol. The minimum Gasteiger partial charge on any atom is -0.295 e. The van der Waals surface area contributed by atoms with Crippen LogP contribution < -0.4 is 0 Å². The van der Waals surface area contributed by atoms with Crippen LogP contribution >= 0.6 is 11.6 Å². The van der Waals surface area contributed by atoms with Gasteiger partial charge in [-0.05, 0) is 49.0 Å². The lowest BCUT2D eigenvalue weighted by Gasteiger charge is -2.06. The fraction of sp³-hybridized carbons (Fsp3) is 0.385. The van der Waals surface area contributed by atoms with Crippen molar-refractivity contribution >= 4 is 23.0 Å². The molecule has 16 heavy (non-hydrogen) atoms. The highest BCUT2D eigenvalue weighted by atomic mass is 35.5. The van der Waals surface area contributed by atoms with Crippen LogP contribution in [0.5, 0.6) is 0 Å². The third-order valence-electron chi connectivity index (χ3n) is 3.30. The molecule has 82 valence electrons. The van der Waals surface area contributed by atoms with E-state index in [0.717, 1.165) is 47.7 Å². The Balaban J connectivity index is 2.06. The number of ketones is 1. The van der Waals surface area contributed by atoms with Crippen LogP contribution in [-0.4, -0.2) is 10.8 Å². The summed E-state index contributed by atoms with van der Waals surface area (Å²) in [6, 6.07) is 1.91. The molecule has 2 aliphatic rings. The highest BCUT2D eigenvalue weighted by Crippen LogP contribution is 2.32. The Bertz CT molecular complexity index is 505. The number of rotatable bonds is 1. The zero-order valence-electron chi connectivity index (χ0n) is 8.92. The van der Waals surface area contributed by atoms with E-state index in [1.165, 1.54) is 5.56 Å². The Labute approximate surface area is 99.3 Å². The summed E-state index contributed by atoms with van der Waals surface area (Å²) in [5.41, 5.74) is 4.27. The van der Waals surface area contributed by atoms with Gasteiger partial charge >= 0.3 is 0 Å². The predicted octanol–water partition coefficient (Wildman–Crippen LogP) is 2.97. The average molecular weight is 234 g/mol. The second-order valence-electron chi connectivity index (χ2n) is 4.40. The smallest absolute Gasteiger partial charge is 0.156 e. The number of carbonyl (C=O) groups is 1. The molecule has 3 rings (SSSR count). The molecule has 0 saturated carbocycles. The molecule has 0 atom stereocenters. The van der Waals surface area contributed by atoms with Gasteiger partial charge in [-0.15, -0.1) is 0 Å². The highest BCUT2D eigenvalue weighted by molar-refractivity contribution is 6.31. The van der Waals surface area contributed by atoms with E-state index in [4.69, 9.17) is 11.6 Å². The summed E-state index contributed by atoms with van der Waals surface area (Å²) < 4.78 is 0. The van der Waals surface area contributed by atoms with Crippen LogP contribution in [0.1, 0.15) is 36.2 Å². The molecule has 0 spiro atoms. The first kappa shape index (κ1) is 10.0. The molecule has 0 radical (unpaired) electrons. The molecule has 0 unspecified atom stereocenters. The Hall–Kier alpha value is -1.15. The van der Waals surface area contributed by atoms with Crippen molar-refractivity contribution in [2.75, 3.05) is 0 Å². The van der Waals surface area contributed by atoms with Gasteiger partial charge in [0.25, 0.3) is 0 Å². The van der Waals surface area contributed by atoms with Gasteiger partial charge in [-0.25, -0.2) is 0 Å². The molecular formula is C13H12ClNO. The van der Waals surface area contributed by atoms with Crippen molar-refractivity contribution in [1.82, 2.24) is 4.98 Å². The molecule has 0 saturated heterocycles. The third-order valence-corrected chi connectivity index (χ3v) is 3.64. The van der Waals surface area contributed by atoms with Crippen LogP contribution in [0.4, 0.5) is 0 Å². The van der Waals surface area contributed by atoms with Crippen LogP contribution in [0, 0.1) is 0 Å². The van der Waals surface area contributed by atoms with E-state index in [1.807, 2.05) is 6.07 Å². The molecule has 0 aliphatic heterocycles. The molecule has 0 N–H and O–H groups in total. The molecule has 1 heterocycles. The lowest BCUT2D eigenvalue weighted by molar-refractivity contribution is -0.114. The van der Waals surface area contributed by atoms with Gasteiger partial charge in [0.1, 0.15) is 0 Å². The largest absolute Gasteiger partial charge is 0.295 e. The molecule has 2 nitrogen and oxygen atoms in total. The minimum absolute atomic E-state index is 0.202. The summed E-state index contributed by atoms with van der Waals surface area (Å²) in [6.07, 6.45) is 6.33. The number of carbonyl (C=O) groups excluding carboxylic acids is 1. The maximum Gasteiger partial charge on any atom is 0.156 e. The average Bonchev–Trinajstić information content (AvgIpc) is 2.85. The molecule has 3 heteroatoms. The maximum absolute atomic E-state index is 11.2. The van der Waals surface area contributed by atoms with Gasteiger partial charge in [0.05, 0.1) is 5.69 Å². The van der Waals surface area contributed by atoms with Gasteiger partial charge in [0.2, 0.25) is 0 Å². The van der Waals surface area contributed by atoms with Crippen molar-refractivity contribution in [3.63, 3.8) is 0 Å². The zero-order valence-corrected chi connectivity index (χ0v) is 9.68. The first-order chi connectivity index (χ1) is 7.74. The summed E-state index contributed by atoms with van der Waals surface area (Å²) in [7, 11) is 0. The van der Waals surface area contributed by atoms with E-state index in [1.54, 1.807) is 6.08 Å². The Morgan fingerprint density at radius 1 is 1.19 bits per heavy atom. The van der Waals surface area contributed by atoms with Gasteiger partial charge in [0, 0.05) is 17.1 Å². The van der Waals surface area contributed by atoms with Crippen molar-refractivity contribution in [2.45, 2.75) is 32.1 Å². The van der Waals surface area contributed by atoms with E-state index in [9.17, 15) is 4.79 Å². The number of aromatic nitrogens is 1. The van der Waals surface area contributed by atoms with Crippen molar-refractivity contribution in [3.05, 3.63) is 34.1 Å². The number of hydrogen-bond donors (Lipinski definition) is 0. The molecular weight excluding hydrogens is 222 g/mol. The van der Waals surface area contributed by atoms with Crippen LogP contribution in [0.2, 0.25) is 5.02 Å². The SMILES string of the molecule is O=C1C=C(c2cc(Cl)c3c(n2)CCC3)CC1. The summed E-state index contributed by atoms with van der Waals surface area (Å²) in [5.74, 6) is 0.202. The summed E-state index contributed by atoms with van der Waals surface area (Å²) >= 11 is 6.24. The lowest BCUT2D eigenvalue weighted by Crippen LogP contribution is -1.95. The van der Waals surface area contributed by atoms with Crippen molar-refractivity contribution < 1.29 is 4.79 Å². The number of fused-ring (bicyclic) bond motifs is 1. The fourth-order valence-corrected chi connectivity index (χ4v) is 2.76. The van der Waals surface area contributed by atoms with E-state index >= 15 is 0 Å². The number of pyridine rings is 1. The Morgan fingerprint density at radius 3 is 2.81 bits per heavy atom. The van der Waals surface area contributed by atoms with Gasteiger partial charge in [-0.3, -0.25) is 9.78 Å². The standard InChI is InChI=1S/C13H12ClNO/c14-11-7-13(8-4-5-9(16)6-8)15-12-3-1-2-10(11)12/h6-7H,1-5H2. The number of aryl methyl sites for hydroxylation is 1. The quantitative estimate of drug-likeness (QED) is 0.747. The van der Waals surface area contributed by atoms with Crippen LogP contribution in [-0.2, 0) is 17.6 Å². The molecule has 2 aliphatic carbocycles. The van der Waals surface area contributed by atoms with E-state index in [-0.39, 0.29) is 5.78 Å². The number of nitrogens with zero attached hydrogens (tertiary/aromatic N) is 1. The maximum atomic E-state index is 11.2. The van der Waals surface area contributed by atoms with Crippen molar-refractivity contribution in [1.29, 1.82) is 0 Å². The molecule has 0 amide bonds. The normalized spacial score (nSPS) is 18.8. The Kier molecular flexibility index (Phi) is 2.32. The summed E-state index contributed by atoms with van der Waals surface area (Å²) in [6.45, 7) is 0. The second kappa shape index (κ2) is 3.70. The van der Waals surface area contributed by atoms with Crippen LogP contribution in [0.15, 0.2) is 12.1 Å². The van der Waals surface area contributed by atoms with E-state index in [2.05, 4.69) is 4.98 Å². The van der Waals surface area contributed by atoms with Gasteiger partial charge in [-0.1, -0.05) is 11.6 Å². The van der Waals surface area contributed by atoms with Crippen molar-refractivity contribution in [3.8, 4) is 0 Å². The lowest BCUT2D eigenvalue weighted by atomic mass is 10.1. The minimum atomic E-state index is 0.202. The fourth-order valence-electron chi connectivity index (χ4n) is 2.46. The van der Waals surface area contributed by atoms with Crippen LogP contribution in [0.3, 0.4) is 0 Å². The third kappa shape index (κ3) is 1.57. The molecule has 0 aromatic carbocycles. The first-order valence-electron chi connectivity index (χ1n) is 5.66. The molecule has 0 fully saturated rings. The predicted molar refractivity (Wildman–Crippen MR) is 63.5 cm³/mol. The van der Waals surface area contributed by atoms with Crippen LogP contribution in [0.25, 0.3) is 5.57 Å². The molecule has 1 aromatic rings. The zero-order chi connectivity index (χ0) is 11.1. The topological polar surface area (TPSA) is 30.0 Å². The molecule has 0 bridgehead atoms. The van der Waals surface area contributed by atoms with E-state index in [0.29, 0.717) is 6.42 Å². The van der Waals surface area contributed by atoms with E-state index < -0.39 is 0 Å². The first-order valence-corrected chi connectivity index (χ1v) is 6.04. The number of allylic oxidation sites excluding steroid dienone is 2. The summed E-state index contributed by atoms with van der Waals surface area (Å²) in [4.78, 5) is 15.8. The Morgan fingerprint density at radius 2 is 2.06 bits per heavy atom. The summed E-state index contributed by atoms with van der Waals surface area (Å²) in [5, 5.41) is 0.817. The van der Waals surface area contributed by atoms with Crippen molar-refractivity contribution in [2.24, 2.45) is 0 Å². The second-order valence-corrected chi connectivity index (χ2v) is 4.81. The number of hydrogen-bond acceptors (Lipinski definition) is 2. The number of halogens is 1. The molecule has 1 aromatic heterocycles. The van der Waals surface area contributed by atoms with Gasteiger partial charge in [0.15, 0.2) is 5.78 Å². The van der Waals surface area contributed by atoms with Gasteiger partial charge < -0.3 is 0 Å². The van der Waals surface area contributed by atoms with Gasteiger partial charge in [-0.2, -0.15) is 0 Å².